The second-order valence-electron chi connectivity index (χ2n) is 7.72. The van der Waals surface area contributed by atoms with Crippen LogP contribution in [0.25, 0.3) is 0 Å². The highest BCUT2D eigenvalue weighted by Crippen LogP contribution is 2.21. The van der Waals surface area contributed by atoms with Crippen molar-refractivity contribution in [2.75, 3.05) is 0 Å². The molecule has 3 aromatic carbocycles. The molecule has 0 heterocycles. The van der Waals surface area contributed by atoms with Crippen LogP contribution in [0.2, 0.25) is 11.3 Å². The summed E-state index contributed by atoms with van der Waals surface area (Å²) in [6.45, 7) is 4.35. The van der Waals surface area contributed by atoms with Crippen LogP contribution in [0, 0.1) is 6.92 Å². The van der Waals surface area contributed by atoms with Gasteiger partial charge in [-0.05, 0) is 12.5 Å². The largest absolute Gasteiger partial charge is 0.200 e. The first kappa shape index (κ1) is 19.8. The van der Waals surface area contributed by atoms with Crippen molar-refractivity contribution in [3.8, 4) is 0 Å². The van der Waals surface area contributed by atoms with Gasteiger partial charge >= 0.3 is 0 Å². The zero-order chi connectivity index (χ0) is 19.1. The fourth-order valence-electron chi connectivity index (χ4n) is 4.43. The summed E-state index contributed by atoms with van der Waals surface area (Å²) in [6, 6.07) is 28.7. The van der Waals surface area contributed by atoms with Gasteiger partial charge in [-0.1, -0.05) is 123 Å². The van der Waals surface area contributed by atoms with Crippen LogP contribution < -0.4 is 16.4 Å². The zero-order valence-corrected chi connectivity index (χ0v) is 17.3. The molecule has 0 aliphatic carbocycles. The molecule has 0 aromatic heterocycles. The number of benzene rings is 3. The van der Waals surface area contributed by atoms with E-state index in [1.54, 1.807) is 0 Å². The molecule has 0 radical (unpaired) electrons. The van der Waals surface area contributed by atoms with Crippen molar-refractivity contribution in [1.82, 2.24) is 0 Å². The lowest BCUT2D eigenvalue weighted by Crippen LogP contribution is -2.67. The normalized spacial score (nSPS) is 11.5. The fraction of sp³-hybridized carbons (Fsp3) is 0.280. The topological polar surface area (TPSA) is 0 Å². The van der Waals surface area contributed by atoms with Gasteiger partial charge in [-0.3, -0.25) is 0 Å². The number of halogens is 1. The highest BCUT2D eigenvalue weighted by atomic mass is 35.5. The van der Waals surface area contributed by atoms with Gasteiger partial charge < -0.3 is 0 Å². The maximum Gasteiger partial charge on any atom is 0.0815 e. The van der Waals surface area contributed by atoms with E-state index in [0.29, 0.717) is 0 Å². The minimum Gasteiger partial charge on any atom is -0.200 e. The molecule has 0 fully saturated rings. The van der Waals surface area contributed by atoms with Crippen LogP contribution in [-0.4, -0.2) is 6.15 Å². The predicted molar refractivity (Wildman–Crippen MR) is 123 cm³/mol. The van der Waals surface area contributed by atoms with Crippen molar-refractivity contribution >= 4 is 34.1 Å². The fourth-order valence-corrected chi connectivity index (χ4v) is 4.62. The van der Waals surface area contributed by atoms with Crippen LogP contribution >= 0.6 is 11.6 Å². The molecule has 2 heteroatoms. The van der Waals surface area contributed by atoms with Gasteiger partial charge in [-0.15, -0.1) is 0 Å². The molecule has 0 saturated carbocycles. The van der Waals surface area contributed by atoms with Crippen molar-refractivity contribution in [1.29, 1.82) is 0 Å². The van der Waals surface area contributed by atoms with Crippen molar-refractivity contribution in [2.24, 2.45) is 0 Å². The molecule has 0 aliphatic heterocycles. The van der Waals surface area contributed by atoms with E-state index >= 15 is 0 Å². The van der Waals surface area contributed by atoms with Crippen molar-refractivity contribution in [3.05, 3.63) is 89.4 Å². The lowest BCUT2D eigenvalue weighted by Gasteiger charge is -2.43. The summed E-state index contributed by atoms with van der Waals surface area (Å²) in [4.78, 5) is 0. The van der Waals surface area contributed by atoms with E-state index in [1.165, 1.54) is 42.1 Å². The molecule has 27 heavy (non-hydrogen) atoms. The Morgan fingerprint density at radius 1 is 0.704 bits per heavy atom. The minimum absolute atomic E-state index is 0.860. The number of aryl methyl sites for hydroxylation is 1. The van der Waals surface area contributed by atoms with Crippen molar-refractivity contribution < 1.29 is 0 Å². The lowest BCUT2D eigenvalue weighted by atomic mass is 9.14. The first-order chi connectivity index (χ1) is 13.2. The van der Waals surface area contributed by atoms with Gasteiger partial charge in [0.05, 0.1) is 6.15 Å². The van der Waals surface area contributed by atoms with Gasteiger partial charge in [0.25, 0.3) is 0 Å². The molecule has 0 unspecified atom stereocenters. The zero-order valence-electron chi connectivity index (χ0n) is 16.5. The Bertz CT molecular complexity index is 803. The Morgan fingerprint density at radius 2 is 1.30 bits per heavy atom. The average molecular weight is 376 g/mol. The standard InChI is InChI=1S/C25H29BCl/c1-3-4-5-12-19-26(22-13-8-6-9-14-22,23-15-10-7-11-16-23)24-18-17-21(2)25(27)20-24/h6-11,13-18,20H,3-5,12,19H2,1-2H3/q-1. The average Bonchev–Trinajstić information content (AvgIpc) is 2.72. The maximum atomic E-state index is 6.59. The van der Waals surface area contributed by atoms with Crippen molar-refractivity contribution in [3.63, 3.8) is 0 Å². The van der Waals surface area contributed by atoms with Gasteiger partial charge in [0, 0.05) is 5.02 Å². The smallest absolute Gasteiger partial charge is 0.0815 e. The third kappa shape index (κ3) is 4.30. The molecule has 0 aliphatic rings. The summed E-state index contributed by atoms with van der Waals surface area (Å²) in [5.74, 6) is 0. The summed E-state index contributed by atoms with van der Waals surface area (Å²) in [7, 11) is 0. The van der Waals surface area contributed by atoms with Crippen LogP contribution in [-0.2, 0) is 0 Å². The van der Waals surface area contributed by atoms with E-state index in [0.717, 1.165) is 16.9 Å². The molecular formula is C25H29BCl-. The first-order valence-electron chi connectivity index (χ1n) is 10.2. The SMILES string of the molecule is CCCCCC[B-](c1ccccc1)(c1ccccc1)c1ccc(C)c(Cl)c1. The van der Waals surface area contributed by atoms with Crippen LogP contribution in [0.5, 0.6) is 0 Å². The van der Waals surface area contributed by atoms with Gasteiger partial charge in [-0.25, -0.2) is 0 Å². The quantitative estimate of drug-likeness (QED) is 0.350. The molecule has 3 rings (SSSR count). The summed E-state index contributed by atoms with van der Waals surface area (Å²) < 4.78 is 0. The van der Waals surface area contributed by atoms with Crippen molar-refractivity contribution in [2.45, 2.75) is 45.9 Å². The molecule has 0 amide bonds. The summed E-state index contributed by atoms with van der Waals surface area (Å²) in [5.41, 5.74) is 5.29. The van der Waals surface area contributed by atoms with Gasteiger partial charge in [0.15, 0.2) is 0 Å². The monoisotopic (exact) mass is 375 g/mol. The van der Waals surface area contributed by atoms with Gasteiger partial charge in [-0.2, -0.15) is 22.7 Å². The first-order valence-corrected chi connectivity index (χ1v) is 10.6. The lowest BCUT2D eigenvalue weighted by molar-refractivity contribution is 0.698. The van der Waals surface area contributed by atoms with Gasteiger partial charge in [0.1, 0.15) is 0 Å². The molecular weight excluding hydrogens is 347 g/mol. The number of rotatable bonds is 8. The summed E-state index contributed by atoms with van der Waals surface area (Å²) in [6.07, 6.45) is 5.16. The second-order valence-corrected chi connectivity index (χ2v) is 8.13. The Morgan fingerprint density at radius 3 is 1.81 bits per heavy atom. The van der Waals surface area contributed by atoms with E-state index in [-0.39, 0.29) is 0 Å². The molecule has 0 atom stereocenters. The van der Waals surface area contributed by atoms with Crippen LogP contribution in [0.4, 0.5) is 0 Å². The minimum atomic E-state index is -1.05. The molecule has 0 N–H and O–H groups in total. The number of hydrogen-bond donors (Lipinski definition) is 0. The third-order valence-electron chi connectivity index (χ3n) is 5.99. The van der Waals surface area contributed by atoms with E-state index in [2.05, 4.69) is 92.7 Å². The van der Waals surface area contributed by atoms with Gasteiger partial charge in [0.2, 0.25) is 0 Å². The second kappa shape index (κ2) is 9.28. The molecule has 3 aromatic rings. The molecule has 0 saturated heterocycles. The highest BCUT2D eigenvalue weighted by Gasteiger charge is 2.29. The van der Waals surface area contributed by atoms with Crippen LogP contribution in [0.15, 0.2) is 78.9 Å². The number of hydrogen-bond acceptors (Lipinski definition) is 0. The molecule has 0 bridgehead atoms. The Hall–Kier alpha value is -1.99. The van der Waals surface area contributed by atoms with E-state index < -0.39 is 6.15 Å². The molecule has 0 nitrogen and oxygen atoms in total. The van der Waals surface area contributed by atoms with E-state index in [4.69, 9.17) is 11.6 Å². The van der Waals surface area contributed by atoms with E-state index in [9.17, 15) is 0 Å². The number of unbranched alkanes of at least 4 members (excludes halogenated alkanes) is 3. The Labute approximate surface area is 169 Å². The highest BCUT2D eigenvalue weighted by molar-refractivity contribution is 7.11. The van der Waals surface area contributed by atoms with Crippen LogP contribution in [0.1, 0.15) is 38.2 Å². The summed E-state index contributed by atoms with van der Waals surface area (Å²) >= 11 is 6.59. The maximum absolute atomic E-state index is 6.59. The summed E-state index contributed by atoms with van der Waals surface area (Å²) in [5, 5.41) is 0.860. The molecule has 140 valence electrons. The van der Waals surface area contributed by atoms with E-state index in [1.807, 2.05) is 0 Å². The van der Waals surface area contributed by atoms with Crippen LogP contribution in [0.3, 0.4) is 0 Å². The molecule has 0 spiro atoms. The third-order valence-corrected chi connectivity index (χ3v) is 6.40. The Balaban J connectivity index is 2.19. The Kier molecular flexibility index (Phi) is 6.80. The predicted octanol–water partition coefficient (Wildman–Crippen LogP) is 5.70.